The van der Waals surface area contributed by atoms with Gasteiger partial charge >= 0.3 is 0 Å². The highest BCUT2D eigenvalue weighted by Gasteiger charge is 1.99. The SMILES string of the molecule is c1ccc(COc2ccc(OCCCSc3ncccn3)cc2)cc1. The van der Waals surface area contributed by atoms with E-state index in [0.29, 0.717) is 13.2 Å². The summed E-state index contributed by atoms with van der Waals surface area (Å²) >= 11 is 1.64. The van der Waals surface area contributed by atoms with E-state index in [2.05, 4.69) is 22.1 Å². The van der Waals surface area contributed by atoms with Crippen molar-refractivity contribution < 1.29 is 9.47 Å². The normalized spacial score (nSPS) is 10.4. The molecule has 0 bridgehead atoms. The Morgan fingerprint density at radius 2 is 1.44 bits per heavy atom. The predicted molar refractivity (Wildman–Crippen MR) is 100 cm³/mol. The molecule has 0 N–H and O–H groups in total. The summed E-state index contributed by atoms with van der Waals surface area (Å²) in [6.07, 6.45) is 4.45. The summed E-state index contributed by atoms with van der Waals surface area (Å²) in [5.74, 6) is 2.63. The third-order valence-corrected chi connectivity index (χ3v) is 4.36. The van der Waals surface area contributed by atoms with Crippen LogP contribution >= 0.6 is 11.8 Å². The maximum Gasteiger partial charge on any atom is 0.187 e. The highest BCUT2D eigenvalue weighted by atomic mass is 32.2. The van der Waals surface area contributed by atoms with Gasteiger partial charge in [0.05, 0.1) is 6.61 Å². The van der Waals surface area contributed by atoms with Crippen molar-refractivity contribution in [2.75, 3.05) is 12.4 Å². The molecule has 0 saturated heterocycles. The Morgan fingerprint density at radius 3 is 2.16 bits per heavy atom. The van der Waals surface area contributed by atoms with Crippen molar-refractivity contribution in [1.82, 2.24) is 9.97 Å². The van der Waals surface area contributed by atoms with Crippen molar-refractivity contribution >= 4 is 11.8 Å². The van der Waals surface area contributed by atoms with E-state index in [0.717, 1.165) is 34.4 Å². The molecule has 1 aromatic heterocycles. The number of rotatable bonds is 9. The molecule has 1 heterocycles. The zero-order valence-electron chi connectivity index (χ0n) is 13.9. The maximum atomic E-state index is 5.77. The Morgan fingerprint density at radius 1 is 0.760 bits per heavy atom. The Balaban J connectivity index is 1.35. The smallest absolute Gasteiger partial charge is 0.187 e. The molecule has 5 heteroatoms. The lowest BCUT2D eigenvalue weighted by molar-refractivity contribution is 0.301. The summed E-state index contributed by atoms with van der Waals surface area (Å²) in [7, 11) is 0. The third-order valence-electron chi connectivity index (χ3n) is 3.40. The highest BCUT2D eigenvalue weighted by molar-refractivity contribution is 7.99. The van der Waals surface area contributed by atoms with Gasteiger partial charge in [-0.3, -0.25) is 0 Å². The number of hydrogen-bond donors (Lipinski definition) is 0. The van der Waals surface area contributed by atoms with Gasteiger partial charge < -0.3 is 9.47 Å². The van der Waals surface area contributed by atoms with Gasteiger partial charge in [-0.1, -0.05) is 42.1 Å². The Bertz CT molecular complexity index is 737. The average molecular weight is 352 g/mol. The van der Waals surface area contributed by atoms with Gasteiger partial charge in [-0.2, -0.15) is 0 Å². The molecule has 0 aliphatic rings. The second-order valence-electron chi connectivity index (χ2n) is 5.33. The Labute approximate surface area is 152 Å². The molecule has 0 aliphatic heterocycles. The first kappa shape index (κ1) is 17.3. The Kier molecular flexibility index (Phi) is 6.70. The molecule has 0 unspecified atom stereocenters. The number of aromatic nitrogens is 2. The van der Waals surface area contributed by atoms with E-state index in [4.69, 9.17) is 9.47 Å². The van der Waals surface area contributed by atoms with Crippen LogP contribution in [-0.4, -0.2) is 22.3 Å². The second-order valence-corrected chi connectivity index (χ2v) is 6.39. The van der Waals surface area contributed by atoms with Crippen LogP contribution in [-0.2, 0) is 6.61 Å². The number of nitrogens with zero attached hydrogens (tertiary/aromatic N) is 2. The summed E-state index contributed by atoms with van der Waals surface area (Å²) < 4.78 is 11.5. The molecule has 2 aromatic carbocycles. The summed E-state index contributed by atoms with van der Waals surface area (Å²) in [6.45, 7) is 1.24. The molecule has 0 spiro atoms. The molecule has 25 heavy (non-hydrogen) atoms. The Hall–Kier alpha value is -2.53. The molecule has 128 valence electrons. The van der Waals surface area contributed by atoms with Crippen LogP contribution in [0.1, 0.15) is 12.0 Å². The van der Waals surface area contributed by atoms with Gasteiger partial charge in [-0.25, -0.2) is 9.97 Å². The lowest BCUT2D eigenvalue weighted by Crippen LogP contribution is -1.99. The minimum Gasteiger partial charge on any atom is -0.494 e. The van der Waals surface area contributed by atoms with Gasteiger partial charge in [-0.05, 0) is 42.3 Å². The lowest BCUT2D eigenvalue weighted by Gasteiger charge is -2.09. The summed E-state index contributed by atoms with van der Waals surface area (Å²) in [5, 5.41) is 0.808. The fourth-order valence-electron chi connectivity index (χ4n) is 2.15. The maximum absolute atomic E-state index is 5.77. The van der Waals surface area contributed by atoms with Crippen LogP contribution < -0.4 is 9.47 Å². The van der Waals surface area contributed by atoms with Crippen molar-refractivity contribution in [2.45, 2.75) is 18.2 Å². The molecule has 3 aromatic rings. The molecule has 4 nitrogen and oxygen atoms in total. The fraction of sp³-hybridized carbons (Fsp3) is 0.200. The van der Waals surface area contributed by atoms with Gasteiger partial charge in [0.1, 0.15) is 18.1 Å². The van der Waals surface area contributed by atoms with Crippen molar-refractivity contribution in [3.63, 3.8) is 0 Å². The van der Waals surface area contributed by atoms with Gasteiger partial charge in [0.15, 0.2) is 5.16 Å². The topological polar surface area (TPSA) is 44.2 Å². The molecule has 0 radical (unpaired) electrons. The molecule has 0 saturated carbocycles. The van der Waals surface area contributed by atoms with Crippen molar-refractivity contribution in [2.24, 2.45) is 0 Å². The lowest BCUT2D eigenvalue weighted by atomic mass is 10.2. The molecule has 0 atom stereocenters. The highest BCUT2D eigenvalue weighted by Crippen LogP contribution is 2.19. The van der Waals surface area contributed by atoms with E-state index in [1.54, 1.807) is 24.2 Å². The van der Waals surface area contributed by atoms with Crippen LogP contribution in [0.4, 0.5) is 0 Å². The van der Waals surface area contributed by atoms with E-state index >= 15 is 0 Å². The monoisotopic (exact) mass is 352 g/mol. The summed E-state index contributed by atoms with van der Waals surface area (Å²) in [4.78, 5) is 8.36. The van der Waals surface area contributed by atoms with E-state index < -0.39 is 0 Å². The first-order valence-electron chi connectivity index (χ1n) is 8.19. The predicted octanol–water partition coefficient (Wildman–Crippen LogP) is 4.62. The summed E-state index contributed by atoms with van der Waals surface area (Å²) in [6, 6.07) is 19.7. The van der Waals surface area contributed by atoms with Gasteiger partial charge in [0, 0.05) is 18.1 Å². The van der Waals surface area contributed by atoms with Gasteiger partial charge in [0.25, 0.3) is 0 Å². The molecule has 0 amide bonds. The van der Waals surface area contributed by atoms with Gasteiger partial charge in [-0.15, -0.1) is 0 Å². The molecule has 0 fully saturated rings. The van der Waals surface area contributed by atoms with Crippen LogP contribution in [0.3, 0.4) is 0 Å². The van der Waals surface area contributed by atoms with Gasteiger partial charge in [0.2, 0.25) is 0 Å². The first-order chi connectivity index (χ1) is 12.4. The second kappa shape index (κ2) is 9.69. The average Bonchev–Trinajstić information content (AvgIpc) is 2.69. The van der Waals surface area contributed by atoms with Crippen LogP contribution in [0.2, 0.25) is 0 Å². The van der Waals surface area contributed by atoms with Crippen LogP contribution in [0.15, 0.2) is 78.2 Å². The van der Waals surface area contributed by atoms with Crippen molar-refractivity contribution in [3.05, 3.63) is 78.6 Å². The number of benzene rings is 2. The van der Waals surface area contributed by atoms with Crippen LogP contribution in [0.5, 0.6) is 11.5 Å². The van der Waals surface area contributed by atoms with Crippen LogP contribution in [0, 0.1) is 0 Å². The zero-order chi connectivity index (χ0) is 17.2. The minimum absolute atomic E-state index is 0.569. The molecular weight excluding hydrogens is 332 g/mol. The first-order valence-corrected chi connectivity index (χ1v) is 9.18. The summed E-state index contributed by atoms with van der Waals surface area (Å²) in [5.41, 5.74) is 1.16. The van der Waals surface area contributed by atoms with Crippen LogP contribution in [0.25, 0.3) is 0 Å². The number of ether oxygens (including phenoxy) is 2. The van der Waals surface area contributed by atoms with Crippen molar-refractivity contribution in [3.8, 4) is 11.5 Å². The quantitative estimate of drug-likeness (QED) is 0.319. The van der Waals surface area contributed by atoms with E-state index in [-0.39, 0.29) is 0 Å². The number of thioether (sulfide) groups is 1. The van der Waals surface area contributed by atoms with Crippen molar-refractivity contribution in [1.29, 1.82) is 0 Å². The fourth-order valence-corrected chi connectivity index (χ4v) is 2.86. The largest absolute Gasteiger partial charge is 0.494 e. The zero-order valence-corrected chi connectivity index (χ0v) is 14.7. The van der Waals surface area contributed by atoms with E-state index in [1.807, 2.05) is 48.5 Å². The van der Waals surface area contributed by atoms with E-state index in [9.17, 15) is 0 Å². The minimum atomic E-state index is 0.569. The van der Waals surface area contributed by atoms with E-state index in [1.165, 1.54) is 0 Å². The standard InChI is InChI=1S/C20H20N2O2S/c1-2-6-17(7-3-1)16-24-19-10-8-18(9-11-19)23-14-5-15-25-20-21-12-4-13-22-20/h1-4,6-13H,5,14-16H2. The number of hydrogen-bond acceptors (Lipinski definition) is 5. The molecular formula is C20H20N2O2S. The molecule has 3 rings (SSSR count). The molecule has 0 aliphatic carbocycles. The third kappa shape index (κ3) is 6.12.